The van der Waals surface area contributed by atoms with Gasteiger partial charge in [0.2, 0.25) is 0 Å². The zero-order valence-electron chi connectivity index (χ0n) is 13.1. The number of ether oxygens (including phenoxy) is 1. The van der Waals surface area contributed by atoms with Crippen LogP contribution >= 0.6 is 0 Å². The molecule has 1 amide bonds. The highest BCUT2D eigenvalue weighted by molar-refractivity contribution is 5.85. The second kappa shape index (κ2) is 6.22. The molecule has 118 valence electrons. The van der Waals surface area contributed by atoms with Crippen molar-refractivity contribution in [3.05, 3.63) is 41.0 Å². The van der Waals surface area contributed by atoms with Crippen molar-refractivity contribution in [1.29, 1.82) is 0 Å². The molecule has 0 radical (unpaired) electrons. The van der Waals surface area contributed by atoms with Crippen LogP contribution in [0.25, 0.3) is 6.08 Å². The Morgan fingerprint density at radius 2 is 2.05 bits per heavy atom. The van der Waals surface area contributed by atoms with Gasteiger partial charge in [-0.15, -0.1) is 0 Å². The Kier molecular flexibility index (Phi) is 4.54. The number of fused-ring (bicyclic) bond motifs is 1. The molecule has 0 bridgehead atoms. The van der Waals surface area contributed by atoms with Crippen LogP contribution in [-0.4, -0.2) is 34.2 Å². The molecule has 1 aliphatic rings. The van der Waals surface area contributed by atoms with Gasteiger partial charge in [-0.05, 0) is 50.0 Å². The average Bonchev–Trinajstić information content (AvgIpc) is 2.42. The van der Waals surface area contributed by atoms with Gasteiger partial charge in [0.25, 0.3) is 0 Å². The van der Waals surface area contributed by atoms with Crippen LogP contribution in [0.15, 0.2) is 24.3 Å². The van der Waals surface area contributed by atoms with Gasteiger partial charge in [0.1, 0.15) is 5.60 Å². The lowest BCUT2D eigenvalue weighted by Gasteiger charge is -2.32. The topological polar surface area (TPSA) is 66.8 Å². The second-order valence-corrected chi connectivity index (χ2v) is 6.31. The molecular weight excluding hydrogens is 282 g/mol. The minimum atomic E-state index is -0.989. The summed E-state index contributed by atoms with van der Waals surface area (Å²) in [4.78, 5) is 24.5. The Balaban J connectivity index is 2.21. The Bertz CT molecular complexity index is 614. The number of rotatable bonds is 2. The first-order valence-electron chi connectivity index (χ1n) is 7.26. The first-order chi connectivity index (χ1) is 10.3. The van der Waals surface area contributed by atoms with Crippen molar-refractivity contribution in [2.24, 2.45) is 0 Å². The van der Waals surface area contributed by atoms with Crippen molar-refractivity contribution in [2.45, 2.75) is 39.3 Å². The standard InChI is InChI=1S/C17H21NO4/c1-17(2,3)22-16(21)18-10-9-13-6-4-5-12(14(13)11-18)7-8-15(19)20/h4-8H,9-11H2,1-3H3,(H,19,20). The molecule has 0 aromatic heterocycles. The maximum Gasteiger partial charge on any atom is 0.410 e. The molecule has 2 rings (SSSR count). The van der Waals surface area contributed by atoms with Gasteiger partial charge in [-0.1, -0.05) is 18.2 Å². The Morgan fingerprint density at radius 1 is 1.32 bits per heavy atom. The number of hydrogen-bond donors (Lipinski definition) is 1. The zero-order chi connectivity index (χ0) is 16.3. The van der Waals surface area contributed by atoms with E-state index in [0.717, 1.165) is 29.2 Å². The summed E-state index contributed by atoms with van der Waals surface area (Å²) in [7, 11) is 0. The van der Waals surface area contributed by atoms with E-state index in [1.165, 1.54) is 0 Å². The lowest BCUT2D eigenvalue weighted by atomic mass is 9.95. The van der Waals surface area contributed by atoms with E-state index in [0.29, 0.717) is 13.1 Å². The molecule has 5 heteroatoms. The summed E-state index contributed by atoms with van der Waals surface area (Å²) >= 11 is 0. The number of carbonyl (C=O) groups excluding carboxylic acids is 1. The van der Waals surface area contributed by atoms with Gasteiger partial charge in [-0.3, -0.25) is 0 Å². The summed E-state index contributed by atoms with van der Waals surface area (Å²) in [5.74, 6) is -0.989. The molecule has 22 heavy (non-hydrogen) atoms. The smallest absolute Gasteiger partial charge is 0.410 e. The van der Waals surface area contributed by atoms with Crippen molar-refractivity contribution < 1.29 is 19.4 Å². The lowest BCUT2D eigenvalue weighted by Crippen LogP contribution is -2.40. The van der Waals surface area contributed by atoms with Crippen LogP contribution in [-0.2, 0) is 22.5 Å². The number of carboxylic acids is 1. The van der Waals surface area contributed by atoms with E-state index in [4.69, 9.17) is 9.84 Å². The van der Waals surface area contributed by atoms with Crippen LogP contribution in [0.4, 0.5) is 4.79 Å². The van der Waals surface area contributed by atoms with E-state index in [2.05, 4.69) is 0 Å². The molecule has 1 N–H and O–H groups in total. The minimum Gasteiger partial charge on any atom is -0.478 e. The van der Waals surface area contributed by atoms with E-state index in [9.17, 15) is 9.59 Å². The fourth-order valence-electron chi connectivity index (χ4n) is 2.41. The largest absolute Gasteiger partial charge is 0.478 e. The maximum absolute atomic E-state index is 12.2. The molecule has 0 saturated heterocycles. The van der Waals surface area contributed by atoms with Crippen molar-refractivity contribution >= 4 is 18.1 Å². The summed E-state index contributed by atoms with van der Waals surface area (Å²) in [6.07, 6.45) is 3.08. The van der Waals surface area contributed by atoms with Crippen LogP contribution < -0.4 is 0 Å². The summed E-state index contributed by atoms with van der Waals surface area (Å²) in [5, 5.41) is 8.78. The van der Waals surface area contributed by atoms with Gasteiger partial charge in [0.15, 0.2) is 0 Å². The molecule has 0 atom stereocenters. The van der Waals surface area contributed by atoms with Crippen LogP contribution in [0.5, 0.6) is 0 Å². The Morgan fingerprint density at radius 3 is 2.68 bits per heavy atom. The summed E-state index contributed by atoms with van der Waals surface area (Å²) in [5.41, 5.74) is 2.43. The van der Waals surface area contributed by atoms with Gasteiger partial charge in [-0.25, -0.2) is 9.59 Å². The fourth-order valence-corrected chi connectivity index (χ4v) is 2.41. The minimum absolute atomic E-state index is 0.338. The third-order valence-electron chi connectivity index (χ3n) is 3.37. The summed E-state index contributed by atoms with van der Waals surface area (Å²) in [6.45, 7) is 6.55. The highest BCUT2D eigenvalue weighted by atomic mass is 16.6. The molecule has 5 nitrogen and oxygen atoms in total. The molecule has 1 aromatic rings. The van der Waals surface area contributed by atoms with E-state index in [-0.39, 0.29) is 6.09 Å². The van der Waals surface area contributed by atoms with Gasteiger partial charge >= 0.3 is 12.1 Å². The highest BCUT2D eigenvalue weighted by Crippen LogP contribution is 2.25. The van der Waals surface area contributed by atoms with Crippen LogP contribution in [0.1, 0.15) is 37.5 Å². The molecular formula is C17H21NO4. The zero-order valence-corrected chi connectivity index (χ0v) is 13.1. The summed E-state index contributed by atoms with van der Waals surface area (Å²) in [6, 6.07) is 5.78. The van der Waals surface area contributed by atoms with Crippen LogP contribution in [0, 0.1) is 0 Å². The normalized spacial score (nSPS) is 14.8. The third kappa shape index (κ3) is 4.10. The predicted octanol–water partition coefficient (Wildman–Crippen LogP) is 3.08. The van der Waals surface area contributed by atoms with Crippen molar-refractivity contribution in [2.75, 3.05) is 6.54 Å². The van der Waals surface area contributed by atoms with Gasteiger partial charge < -0.3 is 14.7 Å². The Labute approximate surface area is 130 Å². The van der Waals surface area contributed by atoms with Crippen molar-refractivity contribution in [3.8, 4) is 0 Å². The predicted molar refractivity (Wildman–Crippen MR) is 83.5 cm³/mol. The van der Waals surface area contributed by atoms with E-state index >= 15 is 0 Å². The molecule has 0 fully saturated rings. The SMILES string of the molecule is CC(C)(C)OC(=O)N1CCc2cccc(C=CC(=O)O)c2C1. The van der Waals surface area contributed by atoms with E-state index in [1.807, 2.05) is 39.0 Å². The van der Waals surface area contributed by atoms with Crippen LogP contribution in [0.2, 0.25) is 0 Å². The number of aliphatic carboxylic acids is 1. The lowest BCUT2D eigenvalue weighted by molar-refractivity contribution is -0.131. The molecule has 0 unspecified atom stereocenters. The molecule has 0 saturated carbocycles. The molecule has 1 aliphatic heterocycles. The highest BCUT2D eigenvalue weighted by Gasteiger charge is 2.26. The first-order valence-corrected chi connectivity index (χ1v) is 7.26. The number of hydrogen-bond acceptors (Lipinski definition) is 3. The average molecular weight is 303 g/mol. The number of amides is 1. The second-order valence-electron chi connectivity index (χ2n) is 6.31. The monoisotopic (exact) mass is 303 g/mol. The van der Waals surface area contributed by atoms with Crippen molar-refractivity contribution in [3.63, 3.8) is 0 Å². The van der Waals surface area contributed by atoms with Gasteiger partial charge in [-0.2, -0.15) is 0 Å². The van der Waals surface area contributed by atoms with Crippen molar-refractivity contribution in [1.82, 2.24) is 4.90 Å². The van der Waals surface area contributed by atoms with Crippen LogP contribution in [0.3, 0.4) is 0 Å². The fraction of sp³-hybridized carbons (Fsp3) is 0.412. The summed E-state index contributed by atoms with van der Waals surface area (Å²) < 4.78 is 5.41. The number of nitrogens with zero attached hydrogens (tertiary/aromatic N) is 1. The number of carbonyl (C=O) groups is 2. The van der Waals surface area contributed by atoms with E-state index < -0.39 is 11.6 Å². The number of carboxylic acid groups (broad SMARTS) is 1. The van der Waals surface area contributed by atoms with Gasteiger partial charge in [0, 0.05) is 19.2 Å². The number of benzene rings is 1. The molecule has 1 aromatic carbocycles. The maximum atomic E-state index is 12.2. The third-order valence-corrected chi connectivity index (χ3v) is 3.37. The first kappa shape index (κ1) is 16.1. The molecule has 0 aliphatic carbocycles. The van der Waals surface area contributed by atoms with E-state index in [1.54, 1.807) is 11.0 Å². The van der Waals surface area contributed by atoms with Gasteiger partial charge in [0.05, 0.1) is 0 Å². The quantitative estimate of drug-likeness (QED) is 0.853. The Hall–Kier alpha value is -2.30. The molecule has 0 spiro atoms. The molecule has 1 heterocycles.